The van der Waals surface area contributed by atoms with E-state index in [4.69, 9.17) is 5.26 Å². The van der Waals surface area contributed by atoms with E-state index in [2.05, 4.69) is 27.7 Å². The second-order valence-electron chi connectivity index (χ2n) is 2.85. The molecule has 3 nitrogen and oxygen atoms in total. The number of hydrogen-bond acceptors (Lipinski definition) is 2. The number of nitrogens with zero attached hydrogens (tertiary/aromatic N) is 3. The second kappa shape index (κ2) is 3.98. The Hall–Kier alpha value is -1.42. The zero-order chi connectivity index (χ0) is 10.8. The van der Waals surface area contributed by atoms with Crippen molar-refractivity contribution in [2.75, 3.05) is 0 Å². The summed E-state index contributed by atoms with van der Waals surface area (Å²) in [5, 5.41) is 12.9. The summed E-state index contributed by atoms with van der Waals surface area (Å²) in [4.78, 5) is 0. The van der Waals surface area contributed by atoms with Gasteiger partial charge in [-0.3, -0.25) is 0 Å². The first kappa shape index (κ1) is 10.1. The lowest BCUT2D eigenvalue weighted by atomic mass is 10.2. The fraction of sp³-hybridized carbons (Fsp3) is 0. The lowest BCUT2D eigenvalue weighted by Gasteiger charge is -2.03. The Morgan fingerprint density at radius 3 is 2.87 bits per heavy atom. The Bertz CT molecular complexity index is 542. The molecule has 0 unspecified atom stereocenters. The Kier molecular flexibility index (Phi) is 2.68. The fourth-order valence-electron chi connectivity index (χ4n) is 1.25. The van der Waals surface area contributed by atoms with Gasteiger partial charge in [0.05, 0.1) is 15.5 Å². The molecule has 0 saturated heterocycles. The van der Waals surface area contributed by atoms with Crippen LogP contribution in [0.5, 0.6) is 0 Å². The van der Waals surface area contributed by atoms with Crippen molar-refractivity contribution < 1.29 is 4.39 Å². The molecule has 74 valence electrons. The van der Waals surface area contributed by atoms with Crippen molar-refractivity contribution in [1.29, 1.82) is 5.26 Å². The van der Waals surface area contributed by atoms with Crippen molar-refractivity contribution in [3.63, 3.8) is 0 Å². The van der Waals surface area contributed by atoms with Crippen LogP contribution in [0.1, 0.15) is 5.56 Å². The maximum Gasteiger partial charge on any atom is 0.143 e. The van der Waals surface area contributed by atoms with Crippen molar-refractivity contribution >= 4 is 22.6 Å². The highest BCUT2D eigenvalue weighted by Gasteiger charge is 2.09. The first-order chi connectivity index (χ1) is 7.22. The van der Waals surface area contributed by atoms with Crippen molar-refractivity contribution in [2.24, 2.45) is 0 Å². The summed E-state index contributed by atoms with van der Waals surface area (Å²) in [6.45, 7) is 0. The molecule has 1 heterocycles. The molecule has 0 aliphatic heterocycles. The van der Waals surface area contributed by atoms with Gasteiger partial charge >= 0.3 is 0 Å². The summed E-state index contributed by atoms with van der Waals surface area (Å²) in [6, 6.07) is 6.31. The fourth-order valence-corrected chi connectivity index (χ4v) is 1.64. The molecule has 2 aromatic rings. The molecule has 0 amide bonds. The SMILES string of the molecule is N#Cc1c(F)cccc1-n1cc(I)cn1. The lowest BCUT2D eigenvalue weighted by Crippen LogP contribution is -1.99. The van der Waals surface area contributed by atoms with E-state index in [0.29, 0.717) is 5.69 Å². The van der Waals surface area contributed by atoms with Crippen molar-refractivity contribution in [2.45, 2.75) is 0 Å². The van der Waals surface area contributed by atoms with Gasteiger partial charge < -0.3 is 0 Å². The standard InChI is InChI=1S/C10H5FIN3/c11-9-2-1-3-10(8(9)4-13)15-6-7(12)5-14-15/h1-3,5-6H. The highest BCUT2D eigenvalue weighted by molar-refractivity contribution is 14.1. The quantitative estimate of drug-likeness (QED) is 0.759. The number of benzene rings is 1. The average Bonchev–Trinajstić information content (AvgIpc) is 2.64. The third-order valence-corrected chi connectivity index (χ3v) is 2.46. The van der Waals surface area contributed by atoms with Gasteiger partial charge in [0.1, 0.15) is 17.4 Å². The van der Waals surface area contributed by atoms with Crippen LogP contribution >= 0.6 is 22.6 Å². The number of nitriles is 1. The van der Waals surface area contributed by atoms with E-state index in [0.717, 1.165) is 3.57 Å². The summed E-state index contributed by atoms with van der Waals surface area (Å²) in [5.41, 5.74) is 0.470. The maximum atomic E-state index is 13.3. The number of hydrogen-bond donors (Lipinski definition) is 0. The van der Waals surface area contributed by atoms with Gasteiger partial charge in [-0.25, -0.2) is 9.07 Å². The van der Waals surface area contributed by atoms with Crippen LogP contribution in [0.4, 0.5) is 4.39 Å². The van der Waals surface area contributed by atoms with Crippen LogP contribution < -0.4 is 0 Å². The van der Waals surface area contributed by atoms with Crippen LogP contribution in [0.2, 0.25) is 0 Å². The molecule has 0 saturated carbocycles. The molecule has 0 N–H and O–H groups in total. The molecule has 1 aromatic heterocycles. The van der Waals surface area contributed by atoms with Gasteiger partial charge in [0.15, 0.2) is 0 Å². The maximum absolute atomic E-state index is 13.3. The Labute approximate surface area is 99.3 Å². The van der Waals surface area contributed by atoms with Crippen LogP contribution in [-0.4, -0.2) is 9.78 Å². The van der Waals surface area contributed by atoms with E-state index < -0.39 is 5.82 Å². The van der Waals surface area contributed by atoms with Gasteiger partial charge in [0, 0.05) is 6.20 Å². The molecule has 0 spiro atoms. The minimum Gasteiger partial charge on any atom is -0.238 e. The zero-order valence-electron chi connectivity index (χ0n) is 7.48. The minimum atomic E-state index is -0.527. The van der Waals surface area contributed by atoms with Crippen molar-refractivity contribution in [3.8, 4) is 11.8 Å². The number of halogens is 2. The normalized spacial score (nSPS) is 9.93. The van der Waals surface area contributed by atoms with E-state index in [9.17, 15) is 4.39 Å². The third kappa shape index (κ3) is 1.85. The van der Waals surface area contributed by atoms with Crippen LogP contribution in [0.15, 0.2) is 30.6 Å². The molecular weight excluding hydrogens is 308 g/mol. The van der Waals surface area contributed by atoms with Crippen molar-refractivity contribution in [3.05, 3.63) is 45.5 Å². The van der Waals surface area contributed by atoms with E-state index in [1.165, 1.54) is 10.7 Å². The molecule has 0 radical (unpaired) electrons. The van der Waals surface area contributed by atoms with E-state index in [1.54, 1.807) is 24.5 Å². The van der Waals surface area contributed by atoms with E-state index in [-0.39, 0.29) is 5.56 Å². The van der Waals surface area contributed by atoms with Gasteiger partial charge in [-0.2, -0.15) is 10.4 Å². The second-order valence-corrected chi connectivity index (χ2v) is 4.09. The molecule has 0 bridgehead atoms. The highest BCUT2D eigenvalue weighted by atomic mass is 127. The molecule has 0 atom stereocenters. The van der Waals surface area contributed by atoms with Crippen molar-refractivity contribution in [1.82, 2.24) is 9.78 Å². The molecule has 1 aromatic carbocycles. The van der Waals surface area contributed by atoms with Crippen LogP contribution in [-0.2, 0) is 0 Å². The lowest BCUT2D eigenvalue weighted by molar-refractivity contribution is 0.621. The molecule has 0 aliphatic carbocycles. The molecule has 15 heavy (non-hydrogen) atoms. The van der Waals surface area contributed by atoms with Gasteiger partial charge in [0.25, 0.3) is 0 Å². The molecule has 2 rings (SSSR count). The zero-order valence-corrected chi connectivity index (χ0v) is 9.64. The monoisotopic (exact) mass is 313 g/mol. The number of rotatable bonds is 1. The average molecular weight is 313 g/mol. The molecular formula is C10H5FIN3. The first-order valence-electron chi connectivity index (χ1n) is 4.11. The summed E-state index contributed by atoms with van der Waals surface area (Å²) >= 11 is 2.10. The van der Waals surface area contributed by atoms with Crippen LogP contribution in [0.3, 0.4) is 0 Å². The Morgan fingerprint density at radius 2 is 2.27 bits per heavy atom. The van der Waals surface area contributed by atoms with Gasteiger partial charge in [0.2, 0.25) is 0 Å². The van der Waals surface area contributed by atoms with Gasteiger partial charge in [-0.05, 0) is 34.7 Å². The van der Waals surface area contributed by atoms with Gasteiger partial charge in [-0.15, -0.1) is 0 Å². The van der Waals surface area contributed by atoms with Crippen LogP contribution in [0.25, 0.3) is 5.69 Å². The summed E-state index contributed by atoms with van der Waals surface area (Å²) in [6.07, 6.45) is 3.38. The predicted molar refractivity (Wildman–Crippen MR) is 61.0 cm³/mol. The topological polar surface area (TPSA) is 41.6 Å². The van der Waals surface area contributed by atoms with Gasteiger partial charge in [-0.1, -0.05) is 6.07 Å². The molecule has 0 aliphatic rings. The summed E-state index contributed by atoms with van der Waals surface area (Å²) in [5.74, 6) is -0.527. The minimum absolute atomic E-state index is 0.0111. The van der Waals surface area contributed by atoms with E-state index in [1.807, 2.05) is 6.07 Å². The molecule has 5 heteroatoms. The van der Waals surface area contributed by atoms with E-state index >= 15 is 0 Å². The number of aromatic nitrogens is 2. The first-order valence-corrected chi connectivity index (χ1v) is 5.19. The highest BCUT2D eigenvalue weighted by Crippen LogP contribution is 2.17. The smallest absolute Gasteiger partial charge is 0.143 e. The third-order valence-electron chi connectivity index (χ3n) is 1.90. The molecule has 0 fully saturated rings. The summed E-state index contributed by atoms with van der Waals surface area (Å²) < 4.78 is 15.7. The Morgan fingerprint density at radius 1 is 1.47 bits per heavy atom. The van der Waals surface area contributed by atoms with Crippen LogP contribution in [0, 0.1) is 20.7 Å². The summed E-state index contributed by atoms with van der Waals surface area (Å²) in [7, 11) is 0. The largest absolute Gasteiger partial charge is 0.238 e. The Balaban J connectivity index is 2.63. The predicted octanol–water partition coefficient (Wildman–Crippen LogP) is 2.49.